The molecular formula is C17H20N4OS2. The van der Waals surface area contributed by atoms with Gasteiger partial charge in [-0.1, -0.05) is 29.5 Å². The fourth-order valence-corrected chi connectivity index (χ4v) is 3.98. The zero-order valence-corrected chi connectivity index (χ0v) is 15.7. The second-order valence-electron chi connectivity index (χ2n) is 5.40. The molecule has 0 saturated carbocycles. The maximum Gasteiger partial charge on any atom is 0.191 e. The van der Waals surface area contributed by atoms with Crippen molar-refractivity contribution in [3.05, 3.63) is 51.7 Å². The van der Waals surface area contributed by atoms with Crippen molar-refractivity contribution in [3.8, 4) is 5.75 Å². The SMILES string of the molecule is CCn1c(C)nnc1SCc1csc(COc2ccc(C)cc2)n1. The van der Waals surface area contributed by atoms with E-state index in [2.05, 4.69) is 39.0 Å². The average Bonchev–Trinajstić information content (AvgIpc) is 3.18. The van der Waals surface area contributed by atoms with Crippen LogP contribution < -0.4 is 4.74 Å². The summed E-state index contributed by atoms with van der Waals surface area (Å²) in [5, 5.41) is 12.4. The highest BCUT2D eigenvalue weighted by Crippen LogP contribution is 2.23. The lowest BCUT2D eigenvalue weighted by Crippen LogP contribution is -1.99. The minimum Gasteiger partial charge on any atom is -0.486 e. The van der Waals surface area contributed by atoms with Crippen LogP contribution in [-0.2, 0) is 18.9 Å². The summed E-state index contributed by atoms with van der Waals surface area (Å²) in [6, 6.07) is 8.06. The third-order valence-electron chi connectivity index (χ3n) is 3.55. The van der Waals surface area contributed by atoms with Crippen LogP contribution in [-0.4, -0.2) is 19.7 Å². The summed E-state index contributed by atoms with van der Waals surface area (Å²) in [7, 11) is 0. The monoisotopic (exact) mass is 360 g/mol. The van der Waals surface area contributed by atoms with Crippen LogP contribution in [0.1, 0.15) is 29.0 Å². The number of rotatable bonds is 7. The van der Waals surface area contributed by atoms with Crippen molar-refractivity contribution in [2.75, 3.05) is 0 Å². The van der Waals surface area contributed by atoms with Crippen LogP contribution in [0.2, 0.25) is 0 Å². The fraction of sp³-hybridized carbons (Fsp3) is 0.353. The van der Waals surface area contributed by atoms with E-state index in [0.29, 0.717) is 6.61 Å². The Morgan fingerprint density at radius 3 is 2.71 bits per heavy atom. The van der Waals surface area contributed by atoms with Gasteiger partial charge in [0, 0.05) is 17.7 Å². The third kappa shape index (κ3) is 4.15. The van der Waals surface area contributed by atoms with Gasteiger partial charge < -0.3 is 9.30 Å². The predicted molar refractivity (Wildman–Crippen MR) is 97.6 cm³/mol. The molecule has 0 N–H and O–H groups in total. The first-order valence-corrected chi connectivity index (χ1v) is 9.67. The third-order valence-corrected chi connectivity index (χ3v) is 5.42. The highest BCUT2D eigenvalue weighted by molar-refractivity contribution is 7.98. The molecule has 24 heavy (non-hydrogen) atoms. The molecule has 3 aromatic rings. The van der Waals surface area contributed by atoms with E-state index < -0.39 is 0 Å². The van der Waals surface area contributed by atoms with Gasteiger partial charge in [-0.25, -0.2) is 4.98 Å². The van der Waals surface area contributed by atoms with Crippen LogP contribution in [0, 0.1) is 13.8 Å². The minimum absolute atomic E-state index is 0.503. The number of nitrogens with zero attached hydrogens (tertiary/aromatic N) is 4. The maximum atomic E-state index is 5.78. The van der Waals surface area contributed by atoms with E-state index in [1.54, 1.807) is 23.1 Å². The molecule has 126 valence electrons. The highest BCUT2D eigenvalue weighted by atomic mass is 32.2. The van der Waals surface area contributed by atoms with Crippen molar-refractivity contribution in [2.45, 2.75) is 44.8 Å². The van der Waals surface area contributed by atoms with Crippen molar-refractivity contribution < 1.29 is 4.74 Å². The van der Waals surface area contributed by atoms with Crippen molar-refractivity contribution in [2.24, 2.45) is 0 Å². The highest BCUT2D eigenvalue weighted by Gasteiger charge is 2.10. The van der Waals surface area contributed by atoms with Gasteiger partial charge in [-0.05, 0) is 32.9 Å². The Morgan fingerprint density at radius 2 is 1.96 bits per heavy atom. The van der Waals surface area contributed by atoms with Crippen LogP contribution in [0.15, 0.2) is 34.8 Å². The largest absolute Gasteiger partial charge is 0.486 e. The number of hydrogen-bond acceptors (Lipinski definition) is 6. The molecule has 0 amide bonds. The molecule has 0 atom stereocenters. The Hall–Kier alpha value is -1.86. The molecule has 0 fully saturated rings. The molecule has 0 aliphatic carbocycles. The van der Waals surface area contributed by atoms with Crippen molar-refractivity contribution in [1.29, 1.82) is 0 Å². The molecule has 2 heterocycles. The molecule has 0 aliphatic heterocycles. The summed E-state index contributed by atoms with van der Waals surface area (Å²) in [4.78, 5) is 4.64. The first-order chi connectivity index (χ1) is 11.7. The van der Waals surface area contributed by atoms with Crippen LogP contribution in [0.3, 0.4) is 0 Å². The zero-order chi connectivity index (χ0) is 16.9. The van der Waals surface area contributed by atoms with Crippen LogP contribution in [0.5, 0.6) is 5.75 Å². The van der Waals surface area contributed by atoms with E-state index in [0.717, 1.165) is 39.7 Å². The standard InChI is InChI=1S/C17H20N4OS2/c1-4-21-13(3)19-20-17(21)24-11-14-10-23-16(18-14)9-22-15-7-5-12(2)6-8-15/h5-8,10H,4,9,11H2,1-3H3. The first kappa shape index (κ1) is 17.0. The predicted octanol–water partition coefficient (Wildman–Crippen LogP) is 4.24. The number of hydrogen-bond donors (Lipinski definition) is 0. The summed E-state index contributed by atoms with van der Waals surface area (Å²) >= 11 is 3.30. The Labute approximate surface area is 150 Å². The molecule has 1 aromatic carbocycles. The summed E-state index contributed by atoms with van der Waals surface area (Å²) in [5.41, 5.74) is 2.28. The van der Waals surface area contributed by atoms with E-state index in [-0.39, 0.29) is 0 Å². The number of aryl methyl sites for hydroxylation is 2. The first-order valence-electron chi connectivity index (χ1n) is 7.81. The summed E-state index contributed by atoms with van der Waals surface area (Å²) in [5.74, 6) is 2.61. The average molecular weight is 361 g/mol. The molecule has 5 nitrogen and oxygen atoms in total. The molecule has 0 saturated heterocycles. The molecule has 3 rings (SSSR count). The van der Waals surface area contributed by atoms with E-state index in [9.17, 15) is 0 Å². The lowest BCUT2D eigenvalue weighted by molar-refractivity contribution is 0.305. The second-order valence-corrected chi connectivity index (χ2v) is 7.28. The fourth-order valence-electron chi connectivity index (χ4n) is 2.23. The van der Waals surface area contributed by atoms with Gasteiger partial charge in [-0.2, -0.15) is 0 Å². The van der Waals surface area contributed by atoms with Gasteiger partial charge in [0.2, 0.25) is 0 Å². The van der Waals surface area contributed by atoms with Crippen molar-refractivity contribution in [3.63, 3.8) is 0 Å². The van der Waals surface area contributed by atoms with Gasteiger partial charge in [-0.3, -0.25) is 0 Å². The lowest BCUT2D eigenvalue weighted by atomic mass is 10.2. The molecular weight excluding hydrogens is 340 g/mol. The normalized spacial score (nSPS) is 11.0. The minimum atomic E-state index is 0.503. The van der Waals surface area contributed by atoms with Crippen molar-refractivity contribution >= 4 is 23.1 Å². The second kappa shape index (κ2) is 7.81. The Kier molecular flexibility index (Phi) is 5.52. The number of thiazole rings is 1. The molecule has 0 spiro atoms. The Bertz CT molecular complexity index is 795. The summed E-state index contributed by atoms with van der Waals surface area (Å²) < 4.78 is 7.89. The summed E-state index contributed by atoms with van der Waals surface area (Å²) in [6.45, 7) is 7.53. The lowest BCUT2D eigenvalue weighted by Gasteiger charge is -2.04. The molecule has 7 heteroatoms. The van der Waals surface area contributed by atoms with Gasteiger partial charge in [0.05, 0.1) is 5.69 Å². The van der Waals surface area contributed by atoms with Crippen LogP contribution in [0.4, 0.5) is 0 Å². The number of thioether (sulfide) groups is 1. The molecule has 0 aliphatic rings. The van der Waals surface area contributed by atoms with E-state index in [4.69, 9.17) is 4.74 Å². The molecule has 0 unspecified atom stereocenters. The van der Waals surface area contributed by atoms with Crippen LogP contribution >= 0.6 is 23.1 Å². The Balaban J connectivity index is 1.54. The van der Waals surface area contributed by atoms with Gasteiger partial charge in [-0.15, -0.1) is 21.5 Å². The molecule has 0 bridgehead atoms. The Morgan fingerprint density at radius 1 is 1.17 bits per heavy atom. The van der Waals surface area contributed by atoms with Gasteiger partial charge >= 0.3 is 0 Å². The van der Waals surface area contributed by atoms with Gasteiger partial charge in [0.25, 0.3) is 0 Å². The van der Waals surface area contributed by atoms with Gasteiger partial charge in [0.1, 0.15) is 23.2 Å². The van der Waals surface area contributed by atoms with E-state index >= 15 is 0 Å². The van der Waals surface area contributed by atoms with Gasteiger partial charge in [0.15, 0.2) is 5.16 Å². The molecule has 0 radical (unpaired) electrons. The van der Waals surface area contributed by atoms with E-state index in [1.807, 2.05) is 31.2 Å². The summed E-state index contributed by atoms with van der Waals surface area (Å²) in [6.07, 6.45) is 0. The smallest absolute Gasteiger partial charge is 0.191 e. The van der Waals surface area contributed by atoms with Crippen LogP contribution in [0.25, 0.3) is 0 Å². The van der Waals surface area contributed by atoms with Crippen molar-refractivity contribution in [1.82, 2.24) is 19.7 Å². The zero-order valence-electron chi connectivity index (χ0n) is 14.0. The quantitative estimate of drug-likeness (QED) is 0.590. The van der Waals surface area contributed by atoms with E-state index in [1.165, 1.54) is 5.56 Å². The number of ether oxygens (including phenoxy) is 1. The number of benzene rings is 1. The molecule has 2 aromatic heterocycles. The number of aromatic nitrogens is 4. The maximum absolute atomic E-state index is 5.78. The topological polar surface area (TPSA) is 52.8 Å².